The molecule has 2 rings (SSSR count). The Bertz CT molecular complexity index is 417. The topological polar surface area (TPSA) is 8.17 Å². The molecule has 0 saturated carbocycles. The third kappa shape index (κ3) is 1.48. The summed E-state index contributed by atoms with van der Waals surface area (Å²) in [5.74, 6) is 0. The minimum Gasteiger partial charge on any atom is -0.316 e. The molecule has 0 bridgehead atoms. The second-order valence-corrected chi connectivity index (χ2v) is 3.60. The van der Waals surface area contributed by atoms with Crippen LogP contribution in [-0.4, -0.2) is 18.3 Å². The van der Waals surface area contributed by atoms with Crippen molar-refractivity contribution in [2.75, 3.05) is 18.6 Å². The Morgan fingerprint density at radius 1 is 1.21 bits per heavy atom. The lowest BCUT2D eigenvalue weighted by Crippen LogP contribution is -2.29. The molecule has 0 saturated heterocycles. The van der Waals surface area contributed by atoms with E-state index >= 15 is 0 Å². The molecule has 2 aromatic rings. The molecular formula is C12H16N2. The first-order valence-electron chi connectivity index (χ1n) is 5.10. The smallest absolute Gasteiger partial charge is 0.0694 e. The fourth-order valence-corrected chi connectivity index (χ4v) is 1.80. The monoisotopic (exact) mass is 188 g/mol. The normalized spacial score (nSPS) is 10.7. The maximum atomic E-state index is 2.24. The predicted molar refractivity (Wildman–Crippen MR) is 61.2 cm³/mol. The van der Waals surface area contributed by atoms with Gasteiger partial charge in [-0.2, -0.15) is 0 Å². The number of hydrogen-bond acceptors (Lipinski definition) is 1. The van der Waals surface area contributed by atoms with Crippen LogP contribution in [-0.2, 0) is 0 Å². The molecule has 1 heterocycles. The van der Waals surface area contributed by atoms with Gasteiger partial charge in [0, 0.05) is 25.2 Å². The van der Waals surface area contributed by atoms with Crippen molar-refractivity contribution in [2.24, 2.45) is 0 Å². The van der Waals surface area contributed by atoms with Crippen LogP contribution in [0.3, 0.4) is 0 Å². The van der Waals surface area contributed by atoms with Gasteiger partial charge in [0.05, 0.1) is 5.52 Å². The van der Waals surface area contributed by atoms with E-state index in [-0.39, 0.29) is 0 Å². The summed E-state index contributed by atoms with van der Waals surface area (Å²) in [7, 11) is 2.12. The quantitative estimate of drug-likeness (QED) is 0.718. The Labute approximate surface area is 84.7 Å². The van der Waals surface area contributed by atoms with Gasteiger partial charge in [-0.3, -0.25) is 4.68 Å². The molecule has 0 aliphatic carbocycles. The highest BCUT2D eigenvalue weighted by molar-refractivity contribution is 5.80. The van der Waals surface area contributed by atoms with Crippen molar-refractivity contribution in [1.82, 2.24) is 4.68 Å². The van der Waals surface area contributed by atoms with Crippen molar-refractivity contribution in [2.45, 2.75) is 13.3 Å². The van der Waals surface area contributed by atoms with E-state index in [9.17, 15) is 0 Å². The number of hydrogen-bond donors (Lipinski definition) is 0. The Kier molecular flexibility index (Phi) is 2.44. The minimum atomic E-state index is 1.08. The molecule has 0 amide bonds. The Hall–Kier alpha value is -1.44. The summed E-state index contributed by atoms with van der Waals surface area (Å²) < 4.78 is 2.21. The zero-order valence-electron chi connectivity index (χ0n) is 8.77. The first-order valence-corrected chi connectivity index (χ1v) is 5.10. The van der Waals surface area contributed by atoms with Crippen molar-refractivity contribution in [3.05, 3.63) is 36.5 Å². The lowest BCUT2D eigenvalue weighted by molar-refractivity contribution is 0.658. The van der Waals surface area contributed by atoms with Gasteiger partial charge in [0.25, 0.3) is 0 Å². The molecule has 1 aromatic carbocycles. The average molecular weight is 188 g/mol. The van der Waals surface area contributed by atoms with Crippen LogP contribution in [0, 0.1) is 0 Å². The van der Waals surface area contributed by atoms with Crippen LogP contribution in [0.15, 0.2) is 36.5 Å². The number of benzene rings is 1. The predicted octanol–water partition coefficient (Wildman–Crippen LogP) is 2.62. The molecular weight excluding hydrogens is 172 g/mol. The highest BCUT2D eigenvalue weighted by atomic mass is 15.5. The molecule has 0 unspecified atom stereocenters. The van der Waals surface area contributed by atoms with Gasteiger partial charge in [0.15, 0.2) is 0 Å². The molecule has 2 heteroatoms. The molecule has 0 N–H and O–H groups in total. The summed E-state index contributed by atoms with van der Waals surface area (Å²) in [6.07, 6.45) is 3.29. The van der Waals surface area contributed by atoms with E-state index in [2.05, 4.69) is 60.2 Å². The second kappa shape index (κ2) is 3.74. The lowest BCUT2D eigenvalue weighted by Gasteiger charge is -2.20. The second-order valence-electron chi connectivity index (χ2n) is 3.60. The van der Waals surface area contributed by atoms with E-state index in [1.165, 1.54) is 17.3 Å². The number of nitrogens with zero attached hydrogens (tertiary/aromatic N) is 2. The molecule has 0 atom stereocenters. The molecule has 0 radical (unpaired) electrons. The molecule has 0 fully saturated rings. The first kappa shape index (κ1) is 9.13. The Balaban J connectivity index is 2.42. The highest BCUT2D eigenvalue weighted by Crippen LogP contribution is 2.14. The van der Waals surface area contributed by atoms with Crippen molar-refractivity contribution < 1.29 is 0 Å². The third-order valence-corrected chi connectivity index (χ3v) is 2.49. The van der Waals surface area contributed by atoms with Crippen LogP contribution in [0.1, 0.15) is 13.3 Å². The standard InChI is InChI=1S/C12H16N2/c1-3-9-13(2)14-10-8-11-6-4-5-7-12(11)14/h4-8,10H,3,9H2,1-2H3. The lowest BCUT2D eigenvalue weighted by atomic mass is 10.3. The summed E-state index contributed by atoms with van der Waals surface area (Å²) >= 11 is 0. The van der Waals surface area contributed by atoms with Crippen LogP contribution in [0.5, 0.6) is 0 Å². The van der Waals surface area contributed by atoms with Crippen molar-refractivity contribution >= 4 is 10.9 Å². The third-order valence-electron chi connectivity index (χ3n) is 2.49. The van der Waals surface area contributed by atoms with Gasteiger partial charge in [-0.05, 0) is 18.6 Å². The van der Waals surface area contributed by atoms with Crippen LogP contribution in [0.2, 0.25) is 0 Å². The maximum Gasteiger partial charge on any atom is 0.0694 e. The molecule has 0 aliphatic heterocycles. The Morgan fingerprint density at radius 3 is 2.79 bits per heavy atom. The minimum absolute atomic E-state index is 1.08. The first-order chi connectivity index (χ1) is 6.83. The van der Waals surface area contributed by atoms with E-state index in [1.807, 2.05) is 0 Å². The van der Waals surface area contributed by atoms with Gasteiger partial charge in [-0.15, -0.1) is 0 Å². The van der Waals surface area contributed by atoms with Crippen LogP contribution < -0.4 is 5.01 Å². The van der Waals surface area contributed by atoms with Crippen LogP contribution in [0.25, 0.3) is 10.9 Å². The molecule has 0 spiro atoms. The van der Waals surface area contributed by atoms with Gasteiger partial charge in [-0.1, -0.05) is 25.1 Å². The highest BCUT2D eigenvalue weighted by Gasteiger charge is 2.02. The fourth-order valence-electron chi connectivity index (χ4n) is 1.80. The molecule has 74 valence electrons. The number of aromatic nitrogens is 1. The number of fused-ring (bicyclic) bond motifs is 1. The van der Waals surface area contributed by atoms with Gasteiger partial charge < -0.3 is 5.01 Å². The van der Waals surface area contributed by atoms with E-state index in [0.717, 1.165) is 6.54 Å². The van der Waals surface area contributed by atoms with E-state index in [0.29, 0.717) is 0 Å². The SMILES string of the molecule is CCCN(C)n1ccc2ccccc21. The van der Waals surface area contributed by atoms with Crippen molar-refractivity contribution in [3.63, 3.8) is 0 Å². The van der Waals surface area contributed by atoms with E-state index < -0.39 is 0 Å². The fraction of sp³-hybridized carbons (Fsp3) is 0.333. The molecule has 0 aliphatic rings. The van der Waals surface area contributed by atoms with E-state index in [1.54, 1.807) is 0 Å². The zero-order valence-corrected chi connectivity index (χ0v) is 8.77. The summed E-state index contributed by atoms with van der Waals surface area (Å²) in [6.45, 7) is 3.28. The van der Waals surface area contributed by atoms with Gasteiger partial charge in [-0.25, -0.2) is 0 Å². The molecule has 14 heavy (non-hydrogen) atoms. The summed E-state index contributed by atoms with van der Waals surface area (Å²) in [5, 5.41) is 3.54. The van der Waals surface area contributed by atoms with Crippen LogP contribution in [0.4, 0.5) is 0 Å². The average Bonchev–Trinajstić information content (AvgIpc) is 2.61. The number of para-hydroxylation sites is 1. The zero-order chi connectivity index (χ0) is 9.97. The van der Waals surface area contributed by atoms with E-state index in [4.69, 9.17) is 0 Å². The summed E-state index contributed by atoms with van der Waals surface area (Å²) in [5.41, 5.74) is 1.28. The van der Waals surface area contributed by atoms with Crippen LogP contribution >= 0.6 is 0 Å². The largest absolute Gasteiger partial charge is 0.316 e. The van der Waals surface area contributed by atoms with Gasteiger partial charge >= 0.3 is 0 Å². The van der Waals surface area contributed by atoms with Crippen molar-refractivity contribution in [3.8, 4) is 0 Å². The van der Waals surface area contributed by atoms with Gasteiger partial charge in [0.1, 0.15) is 0 Å². The summed E-state index contributed by atoms with van der Waals surface area (Å²) in [4.78, 5) is 0. The Morgan fingerprint density at radius 2 is 2.00 bits per heavy atom. The van der Waals surface area contributed by atoms with Crippen molar-refractivity contribution in [1.29, 1.82) is 0 Å². The maximum absolute atomic E-state index is 2.24. The molecule has 2 nitrogen and oxygen atoms in total. The van der Waals surface area contributed by atoms with Gasteiger partial charge in [0.2, 0.25) is 0 Å². The molecule has 1 aromatic heterocycles. The number of rotatable bonds is 3. The summed E-state index contributed by atoms with van der Waals surface area (Å²) in [6, 6.07) is 10.6.